The minimum Gasteiger partial charge on any atom is -0.436 e. The van der Waals surface area contributed by atoms with Gasteiger partial charge in [0.2, 0.25) is 5.89 Å². The van der Waals surface area contributed by atoms with Gasteiger partial charge in [0.15, 0.2) is 11.2 Å². The summed E-state index contributed by atoms with van der Waals surface area (Å²) < 4.78 is 10.2. The molecule has 0 fully saturated rings. The number of rotatable bonds is 2. The average molecular weight is 179 g/mol. The molecular formula is C8H9N3O2. The molecule has 0 amide bonds. The molecule has 2 rings (SSSR count). The number of oxazole rings is 1. The minimum absolute atomic E-state index is 0.344. The van der Waals surface area contributed by atoms with Crippen molar-refractivity contribution >= 4 is 16.9 Å². The summed E-state index contributed by atoms with van der Waals surface area (Å²) >= 11 is 0. The van der Waals surface area contributed by atoms with Crippen LogP contribution >= 0.6 is 0 Å². The highest BCUT2D eigenvalue weighted by molar-refractivity contribution is 5.71. The van der Waals surface area contributed by atoms with Gasteiger partial charge >= 0.3 is 0 Å². The second-order valence-electron chi connectivity index (χ2n) is 2.63. The number of hydrogen-bond donors (Lipinski definition) is 1. The number of methoxy groups -OCH3 is 1. The number of nitrogens with zero attached hydrogens (tertiary/aromatic N) is 2. The number of nitrogens with two attached hydrogens (primary N) is 1. The zero-order chi connectivity index (χ0) is 9.26. The highest BCUT2D eigenvalue weighted by Crippen LogP contribution is 2.15. The Morgan fingerprint density at radius 2 is 2.46 bits per heavy atom. The molecule has 5 heteroatoms. The van der Waals surface area contributed by atoms with Crippen LogP contribution in [-0.2, 0) is 11.3 Å². The Bertz CT molecular complexity index is 424. The van der Waals surface area contributed by atoms with Crippen molar-refractivity contribution in [2.45, 2.75) is 6.61 Å². The van der Waals surface area contributed by atoms with E-state index in [1.165, 1.54) is 0 Å². The Balaban J connectivity index is 2.49. The van der Waals surface area contributed by atoms with E-state index in [1.54, 1.807) is 19.4 Å². The topological polar surface area (TPSA) is 74.2 Å². The summed E-state index contributed by atoms with van der Waals surface area (Å²) in [7, 11) is 1.58. The normalized spacial score (nSPS) is 10.8. The quantitative estimate of drug-likeness (QED) is 0.742. The molecule has 13 heavy (non-hydrogen) atoms. The number of ether oxygens (including phenoxy) is 1. The van der Waals surface area contributed by atoms with Crippen LogP contribution in [0.2, 0.25) is 0 Å². The fourth-order valence-corrected chi connectivity index (χ4v) is 1.06. The van der Waals surface area contributed by atoms with Crippen molar-refractivity contribution in [1.29, 1.82) is 0 Å². The average Bonchev–Trinajstić information content (AvgIpc) is 2.46. The maximum absolute atomic E-state index is 5.53. The van der Waals surface area contributed by atoms with Gasteiger partial charge in [0.1, 0.15) is 6.61 Å². The van der Waals surface area contributed by atoms with Gasteiger partial charge in [-0.1, -0.05) is 0 Å². The standard InChI is InChI=1S/C8H9N3O2/c1-12-4-7-11-8-6(13-7)2-5(9)3-10-8/h2-3H,4,9H2,1H3. The molecule has 2 N–H and O–H groups in total. The summed E-state index contributed by atoms with van der Waals surface area (Å²) in [5, 5.41) is 0. The minimum atomic E-state index is 0.344. The number of nitrogen functional groups attached to an aromatic ring is 1. The van der Waals surface area contributed by atoms with E-state index in [2.05, 4.69) is 9.97 Å². The molecule has 5 nitrogen and oxygen atoms in total. The molecule has 0 unspecified atom stereocenters. The number of hydrogen-bond acceptors (Lipinski definition) is 5. The molecule has 0 aromatic carbocycles. The van der Waals surface area contributed by atoms with E-state index < -0.39 is 0 Å². The molecule has 68 valence electrons. The SMILES string of the molecule is COCc1nc2ncc(N)cc2o1. The Kier molecular flexibility index (Phi) is 1.86. The number of aromatic nitrogens is 2. The van der Waals surface area contributed by atoms with Crippen LogP contribution in [-0.4, -0.2) is 17.1 Å². The van der Waals surface area contributed by atoms with Crippen molar-refractivity contribution < 1.29 is 9.15 Å². The maximum Gasteiger partial charge on any atom is 0.223 e. The molecular weight excluding hydrogens is 170 g/mol. The number of fused-ring (bicyclic) bond motifs is 1. The highest BCUT2D eigenvalue weighted by Gasteiger charge is 2.05. The molecule has 0 spiro atoms. The molecule has 0 radical (unpaired) electrons. The van der Waals surface area contributed by atoms with Gasteiger partial charge in [0.05, 0.1) is 11.9 Å². The van der Waals surface area contributed by atoms with E-state index in [9.17, 15) is 0 Å². The molecule has 2 aromatic heterocycles. The lowest BCUT2D eigenvalue weighted by Gasteiger charge is -1.88. The zero-order valence-electron chi connectivity index (χ0n) is 7.15. The number of pyridine rings is 1. The predicted octanol–water partition coefficient (Wildman–Crippen LogP) is 0.951. The second kappa shape index (κ2) is 3.02. The van der Waals surface area contributed by atoms with Crippen molar-refractivity contribution in [2.75, 3.05) is 12.8 Å². The first-order valence-electron chi connectivity index (χ1n) is 3.79. The third-order valence-corrected chi connectivity index (χ3v) is 1.58. The van der Waals surface area contributed by atoms with Gasteiger partial charge in [0, 0.05) is 13.2 Å². The fraction of sp³-hybridized carbons (Fsp3) is 0.250. The molecule has 2 heterocycles. The van der Waals surface area contributed by atoms with Crippen LogP contribution in [0.25, 0.3) is 11.2 Å². The van der Waals surface area contributed by atoms with Crippen molar-refractivity contribution in [1.82, 2.24) is 9.97 Å². The van der Waals surface area contributed by atoms with Crippen molar-refractivity contribution in [2.24, 2.45) is 0 Å². The third kappa shape index (κ3) is 1.46. The summed E-state index contributed by atoms with van der Waals surface area (Å²) in [6.45, 7) is 0.344. The van der Waals surface area contributed by atoms with Crippen molar-refractivity contribution in [3.63, 3.8) is 0 Å². The lowest BCUT2D eigenvalue weighted by Crippen LogP contribution is -1.86. The summed E-state index contributed by atoms with van der Waals surface area (Å²) in [6.07, 6.45) is 1.54. The Morgan fingerprint density at radius 3 is 3.23 bits per heavy atom. The Labute approximate surface area is 74.5 Å². The molecule has 2 aromatic rings. The van der Waals surface area contributed by atoms with Gasteiger partial charge < -0.3 is 14.9 Å². The second-order valence-corrected chi connectivity index (χ2v) is 2.63. The first-order chi connectivity index (χ1) is 6.29. The molecule has 0 atom stereocenters. The first kappa shape index (κ1) is 8.00. The smallest absolute Gasteiger partial charge is 0.223 e. The van der Waals surface area contributed by atoms with E-state index in [0.717, 1.165) is 0 Å². The van der Waals surface area contributed by atoms with Gasteiger partial charge in [-0.15, -0.1) is 0 Å². The maximum atomic E-state index is 5.53. The van der Waals surface area contributed by atoms with Crippen LogP contribution in [0.3, 0.4) is 0 Å². The fourth-order valence-electron chi connectivity index (χ4n) is 1.06. The molecule has 0 aliphatic heterocycles. The lowest BCUT2D eigenvalue weighted by molar-refractivity contribution is 0.161. The summed E-state index contributed by atoms with van der Waals surface area (Å²) in [4.78, 5) is 8.08. The van der Waals surface area contributed by atoms with Crippen molar-refractivity contribution in [3.8, 4) is 0 Å². The van der Waals surface area contributed by atoms with E-state index in [1.807, 2.05) is 0 Å². The summed E-state index contributed by atoms with van der Waals surface area (Å²) in [6, 6.07) is 1.69. The van der Waals surface area contributed by atoms with Crippen LogP contribution in [0, 0.1) is 0 Å². The van der Waals surface area contributed by atoms with Crippen LogP contribution in [0.1, 0.15) is 5.89 Å². The summed E-state index contributed by atoms with van der Waals surface area (Å²) in [5.41, 5.74) is 7.23. The van der Waals surface area contributed by atoms with Crippen LogP contribution in [0.4, 0.5) is 5.69 Å². The largest absolute Gasteiger partial charge is 0.436 e. The monoisotopic (exact) mass is 179 g/mol. The van der Waals surface area contributed by atoms with Crippen LogP contribution < -0.4 is 5.73 Å². The Morgan fingerprint density at radius 1 is 1.62 bits per heavy atom. The molecule has 0 bridgehead atoms. The van der Waals surface area contributed by atoms with Gasteiger partial charge in [-0.3, -0.25) is 0 Å². The summed E-state index contributed by atoms with van der Waals surface area (Å²) in [5.74, 6) is 0.510. The zero-order valence-corrected chi connectivity index (χ0v) is 7.15. The van der Waals surface area contributed by atoms with Crippen molar-refractivity contribution in [3.05, 3.63) is 18.2 Å². The molecule has 0 saturated carbocycles. The number of anilines is 1. The molecule has 0 saturated heterocycles. The predicted molar refractivity (Wildman–Crippen MR) is 46.9 cm³/mol. The van der Waals surface area contributed by atoms with E-state index in [0.29, 0.717) is 29.4 Å². The van der Waals surface area contributed by atoms with Crippen LogP contribution in [0.5, 0.6) is 0 Å². The Hall–Kier alpha value is -1.62. The van der Waals surface area contributed by atoms with E-state index in [-0.39, 0.29) is 0 Å². The van der Waals surface area contributed by atoms with Gasteiger partial charge in [-0.05, 0) is 0 Å². The van der Waals surface area contributed by atoms with Gasteiger partial charge in [-0.2, -0.15) is 4.98 Å². The highest BCUT2D eigenvalue weighted by atomic mass is 16.5. The van der Waals surface area contributed by atoms with Gasteiger partial charge in [-0.25, -0.2) is 4.98 Å². The molecule has 0 aliphatic carbocycles. The first-order valence-corrected chi connectivity index (χ1v) is 3.79. The van der Waals surface area contributed by atoms with E-state index in [4.69, 9.17) is 14.9 Å². The van der Waals surface area contributed by atoms with Crippen LogP contribution in [0.15, 0.2) is 16.7 Å². The third-order valence-electron chi connectivity index (χ3n) is 1.58. The van der Waals surface area contributed by atoms with Gasteiger partial charge in [0.25, 0.3) is 0 Å². The van der Waals surface area contributed by atoms with E-state index >= 15 is 0 Å². The molecule has 0 aliphatic rings. The lowest BCUT2D eigenvalue weighted by atomic mass is 10.4.